The Hall–Kier alpha value is -4.75. The maximum atomic E-state index is 13.3. The van der Waals surface area contributed by atoms with Gasteiger partial charge >= 0.3 is 18.3 Å². The van der Waals surface area contributed by atoms with Crippen LogP contribution in [0.3, 0.4) is 0 Å². The van der Waals surface area contributed by atoms with Gasteiger partial charge in [-0.2, -0.15) is 14.6 Å². The van der Waals surface area contributed by atoms with Crippen molar-refractivity contribution in [2.45, 2.75) is 116 Å². The molecular weight excluding hydrogens is 678 g/mol. The van der Waals surface area contributed by atoms with Crippen LogP contribution in [0.15, 0.2) is 42.6 Å². The summed E-state index contributed by atoms with van der Waals surface area (Å²) in [5, 5.41) is 8.34. The second-order valence-corrected chi connectivity index (χ2v) is 16.2. The number of amides is 3. The summed E-state index contributed by atoms with van der Waals surface area (Å²) in [5.74, 6) is 1.85. The number of carbonyl (C=O) groups is 3. The maximum absolute atomic E-state index is 13.3. The van der Waals surface area contributed by atoms with Crippen LogP contribution in [0.5, 0.6) is 5.88 Å². The fourth-order valence-electron chi connectivity index (χ4n) is 7.93. The van der Waals surface area contributed by atoms with Gasteiger partial charge in [0.05, 0.1) is 25.8 Å². The van der Waals surface area contributed by atoms with Crippen LogP contribution >= 0.6 is 0 Å². The highest BCUT2D eigenvalue weighted by molar-refractivity contribution is 5.72. The van der Waals surface area contributed by atoms with Gasteiger partial charge in [0.1, 0.15) is 30.2 Å². The molecule has 0 spiro atoms. The minimum atomic E-state index is -0.564. The van der Waals surface area contributed by atoms with Crippen molar-refractivity contribution in [1.29, 1.82) is 0 Å². The number of hydrogen-bond donors (Lipinski definition) is 1. The molecule has 4 atom stereocenters. The average molecular weight is 732 g/mol. The van der Waals surface area contributed by atoms with E-state index in [1.54, 1.807) is 9.80 Å². The number of likely N-dealkylation sites (tertiary alicyclic amines) is 2. The minimum Gasteiger partial charge on any atom is -0.472 e. The van der Waals surface area contributed by atoms with E-state index in [9.17, 15) is 14.4 Å². The number of hydrogen-bond acceptors (Lipinski definition) is 10. The van der Waals surface area contributed by atoms with Crippen LogP contribution in [0.2, 0.25) is 0 Å². The van der Waals surface area contributed by atoms with Gasteiger partial charge in [-0.05, 0) is 76.7 Å². The summed E-state index contributed by atoms with van der Waals surface area (Å²) >= 11 is 0. The first kappa shape index (κ1) is 36.6. The van der Waals surface area contributed by atoms with Crippen molar-refractivity contribution in [2.75, 3.05) is 38.0 Å². The Morgan fingerprint density at radius 3 is 2.34 bits per heavy atom. The van der Waals surface area contributed by atoms with E-state index < -0.39 is 5.60 Å². The lowest BCUT2D eigenvalue weighted by atomic mass is 9.91. The van der Waals surface area contributed by atoms with Gasteiger partial charge in [0.2, 0.25) is 5.88 Å². The van der Waals surface area contributed by atoms with Gasteiger partial charge in [0.15, 0.2) is 5.65 Å². The van der Waals surface area contributed by atoms with Gasteiger partial charge in [-0.15, -0.1) is 0 Å². The summed E-state index contributed by atoms with van der Waals surface area (Å²) in [6, 6.07) is 11.8. The molecule has 6 heterocycles. The molecule has 4 aliphatic rings. The quantitative estimate of drug-likeness (QED) is 0.245. The Kier molecular flexibility index (Phi) is 10.6. The zero-order chi connectivity index (χ0) is 37.3. The van der Waals surface area contributed by atoms with Crippen LogP contribution in [0, 0.1) is 5.92 Å². The number of carbonyl (C=O) groups excluding carboxylic acids is 3. The summed E-state index contributed by atoms with van der Waals surface area (Å²) in [4.78, 5) is 48.7. The van der Waals surface area contributed by atoms with E-state index in [2.05, 4.69) is 24.3 Å². The number of benzene rings is 1. The third kappa shape index (κ3) is 8.57. The Labute approximate surface area is 311 Å². The van der Waals surface area contributed by atoms with Crippen LogP contribution in [0.4, 0.5) is 20.2 Å². The second-order valence-electron chi connectivity index (χ2n) is 16.2. The lowest BCUT2D eigenvalue weighted by Crippen LogP contribution is -2.58. The third-order valence-electron chi connectivity index (χ3n) is 10.6. The standard InChI is InChI=1S/C39H53N7O7/c1-25(2)32-20-41-46-33(18-34(42-35(32)46)51-30-12-9-15-43(21-30)36(47)50-24-26-10-7-6-8-11-26)40-19-27-16-28-13-14-29(17-27)45(28)38(49)52-31-22-44(23-31)37(48)53-39(3,4)5/h6-8,10-11,18,20,25,27-31,40H,9,12-17,19,21-24H2,1-5H3/t27?,28-,29+,30-/m1/s1. The van der Waals surface area contributed by atoms with Crippen LogP contribution in [-0.4, -0.2) is 110 Å². The first-order valence-electron chi connectivity index (χ1n) is 19.1. The molecule has 1 unspecified atom stereocenters. The number of ether oxygens (including phenoxy) is 4. The summed E-state index contributed by atoms with van der Waals surface area (Å²) in [6.45, 7) is 12.4. The molecule has 3 amide bonds. The summed E-state index contributed by atoms with van der Waals surface area (Å²) < 4.78 is 25.2. The third-order valence-corrected chi connectivity index (χ3v) is 10.6. The van der Waals surface area contributed by atoms with Gasteiger partial charge in [-0.1, -0.05) is 44.2 Å². The van der Waals surface area contributed by atoms with E-state index in [0.29, 0.717) is 44.5 Å². The largest absolute Gasteiger partial charge is 0.472 e. The average Bonchev–Trinajstić information content (AvgIpc) is 3.65. The monoisotopic (exact) mass is 731 g/mol. The molecule has 4 aliphatic heterocycles. The Morgan fingerprint density at radius 2 is 1.64 bits per heavy atom. The fourth-order valence-corrected chi connectivity index (χ4v) is 7.93. The van der Waals surface area contributed by atoms with E-state index in [1.165, 1.54) is 0 Å². The number of aromatic nitrogens is 3. The molecular formula is C39H53N7O7. The highest BCUT2D eigenvalue weighted by atomic mass is 16.6. The molecule has 286 valence electrons. The van der Waals surface area contributed by atoms with Crippen molar-refractivity contribution in [3.63, 3.8) is 0 Å². The molecule has 1 aromatic carbocycles. The summed E-state index contributed by atoms with van der Waals surface area (Å²) in [6.07, 6.45) is 5.61. The highest BCUT2D eigenvalue weighted by Crippen LogP contribution is 2.40. The zero-order valence-corrected chi connectivity index (χ0v) is 31.5. The molecule has 1 N–H and O–H groups in total. The second kappa shape index (κ2) is 15.3. The smallest absolute Gasteiger partial charge is 0.410 e. The predicted octanol–water partition coefficient (Wildman–Crippen LogP) is 6.44. The van der Waals surface area contributed by atoms with Crippen molar-refractivity contribution in [3.8, 4) is 5.88 Å². The Bertz CT molecular complexity index is 1760. The lowest BCUT2D eigenvalue weighted by molar-refractivity contribution is -0.0495. The van der Waals surface area contributed by atoms with Gasteiger partial charge in [0, 0.05) is 36.8 Å². The topological polar surface area (TPSA) is 140 Å². The highest BCUT2D eigenvalue weighted by Gasteiger charge is 2.46. The lowest BCUT2D eigenvalue weighted by Gasteiger charge is -2.42. The summed E-state index contributed by atoms with van der Waals surface area (Å²) in [7, 11) is 0. The van der Waals surface area contributed by atoms with E-state index >= 15 is 0 Å². The Morgan fingerprint density at radius 1 is 0.925 bits per heavy atom. The number of nitrogens with zero attached hydrogens (tertiary/aromatic N) is 6. The van der Waals surface area contributed by atoms with Crippen molar-refractivity contribution < 1.29 is 33.3 Å². The molecule has 0 aliphatic carbocycles. The van der Waals surface area contributed by atoms with E-state index in [-0.39, 0.29) is 55.1 Å². The first-order valence-corrected chi connectivity index (χ1v) is 19.1. The molecule has 3 aromatic rings. The number of nitrogens with one attached hydrogen (secondary N) is 1. The van der Waals surface area contributed by atoms with Crippen molar-refractivity contribution >= 4 is 29.7 Å². The molecule has 2 aromatic heterocycles. The molecule has 14 heteroatoms. The normalized spacial score (nSPS) is 23.2. The molecule has 53 heavy (non-hydrogen) atoms. The zero-order valence-electron chi connectivity index (χ0n) is 31.5. The van der Waals surface area contributed by atoms with Crippen LogP contribution in [0.25, 0.3) is 5.65 Å². The predicted molar refractivity (Wildman–Crippen MR) is 197 cm³/mol. The molecule has 2 bridgehead atoms. The molecule has 14 nitrogen and oxygen atoms in total. The van der Waals surface area contributed by atoms with E-state index in [0.717, 1.165) is 61.1 Å². The van der Waals surface area contributed by atoms with Crippen molar-refractivity contribution in [3.05, 3.63) is 53.7 Å². The minimum absolute atomic E-state index is 0.123. The van der Waals surface area contributed by atoms with Crippen LogP contribution in [0.1, 0.15) is 90.2 Å². The van der Waals surface area contributed by atoms with Gasteiger partial charge in [-0.25, -0.2) is 14.4 Å². The van der Waals surface area contributed by atoms with Crippen molar-refractivity contribution in [1.82, 2.24) is 29.3 Å². The van der Waals surface area contributed by atoms with Gasteiger partial charge < -0.3 is 39.0 Å². The van der Waals surface area contributed by atoms with Crippen molar-refractivity contribution in [2.24, 2.45) is 5.92 Å². The summed E-state index contributed by atoms with van der Waals surface area (Å²) in [5.41, 5.74) is 2.16. The first-order chi connectivity index (χ1) is 25.4. The van der Waals surface area contributed by atoms with Gasteiger partial charge in [-0.3, -0.25) is 0 Å². The fraction of sp³-hybridized carbons (Fsp3) is 0.615. The number of piperidine rings is 2. The molecule has 4 saturated heterocycles. The number of rotatable bonds is 9. The molecule has 4 fully saturated rings. The number of fused-ring (bicyclic) bond motifs is 3. The van der Waals surface area contributed by atoms with Crippen LogP contribution < -0.4 is 10.1 Å². The van der Waals surface area contributed by atoms with Gasteiger partial charge in [0.25, 0.3) is 0 Å². The van der Waals surface area contributed by atoms with E-state index in [4.69, 9.17) is 23.9 Å². The molecule has 0 saturated carbocycles. The Balaban J connectivity index is 0.950. The SMILES string of the molecule is CC(C)c1cnn2c(NCC3C[C@H]4CC[C@@H](C3)N4C(=O)OC3CN(C(=O)OC(C)(C)C)C3)cc(O[C@@H]3CCCN(C(=O)OCc4ccccc4)C3)nc12. The van der Waals surface area contributed by atoms with Crippen LogP contribution in [-0.2, 0) is 20.8 Å². The number of anilines is 1. The molecule has 0 radical (unpaired) electrons. The van der Waals surface area contributed by atoms with E-state index in [1.807, 2.05) is 72.8 Å². The maximum Gasteiger partial charge on any atom is 0.410 e. The molecule has 7 rings (SSSR count).